The van der Waals surface area contributed by atoms with Crippen molar-refractivity contribution in [3.05, 3.63) is 16.6 Å². The predicted molar refractivity (Wildman–Crippen MR) is 59.4 cm³/mol. The average molecular weight is 214 g/mol. The Labute approximate surface area is 89.2 Å². The molecule has 3 atom stereocenters. The van der Waals surface area contributed by atoms with Crippen molar-refractivity contribution in [2.75, 3.05) is 6.61 Å². The first-order chi connectivity index (χ1) is 6.65. The number of hydrogen-bond donors (Lipinski definition) is 2. The van der Waals surface area contributed by atoms with Crippen molar-refractivity contribution in [2.24, 2.45) is 5.92 Å². The molecule has 0 fully saturated rings. The molecule has 0 saturated carbocycles. The molecule has 80 valence electrons. The van der Waals surface area contributed by atoms with E-state index in [9.17, 15) is 0 Å². The fourth-order valence-corrected chi connectivity index (χ4v) is 1.89. The van der Waals surface area contributed by atoms with Gasteiger partial charge in [-0.15, -0.1) is 11.3 Å². The van der Waals surface area contributed by atoms with Crippen LogP contribution in [0.3, 0.4) is 0 Å². The summed E-state index contributed by atoms with van der Waals surface area (Å²) in [4.78, 5) is 4.25. The molecule has 1 heterocycles. The van der Waals surface area contributed by atoms with Gasteiger partial charge < -0.3 is 10.4 Å². The van der Waals surface area contributed by atoms with E-state index < -0.39 is 0 Å². The zero-order valence-electron chi connectivity index (χ0n) is 8.90. The maximum atomic E-state index is 9.00. The zero-order valence-corrected chi connectivity index (χ0v) is 9.71. The largest absolute Gasteiger partial charge is 0.396 e. The van der Waals surface area contributed by atoms with Crippen LogP contribution in [0.15, 0.2) is 11.6 Å². The first-order valence-electron chi connectivity index (χ1n) is 4.91. The van der Waals surface area contributed by atoms with Crippen LogP contribution in [0.5, 0.6) is 0 Å². The van der Waals surface area contributed by atoms with Gasteiger partial charge in [0.25, 0.3) is 0 Å². The smallest absolute Gasteiger partial charge is 0.109 e. The van der Waals surface area contributed by atoms with Crippen molar-refractivity contribution >= 4 is 11.3 Å². The maximum absolute atomic E-state index is 9.00. The molecule has 0 aliphatic rings. The van der Waals surface area contributed by atoms with Crippen LogP contribution in [-0.4, -0.2) is 22.7 Å². The standard InChI is InChI=1S/C10H18N2OS/c1-7(6-13)8(2)12-9(3)10-11-4-5-14-10/h4-5,7-9,12-13H,6H2,1-3H3. The van der Waals surface area contributed by atoms with Gasteiger partial charge in [-0.3, -0.25) is 0 Å². The van der Waals surface area contributed by atoms with Gasteiger partial charge in [-0.1, -0.05) is 6.92 Å². The predicted octanol–water partition coefficient (Wildman–Crippen LogP) is 1.81. The fourth-order valence-electron chi connectivity index (χ4n) is 1.24. The summed E-state index contributed by atoms with van der Waals surface area (Å²) in [6, 6.07) is 0.567. The van der Waals surface area contributed by atoms with Gasteiger partial charge in [-0.05, 0) is 19.8 Å². The molecule has 4 heteroatoms. The highest BCUT2D eigenvalue weighted by atomic mass is 32.1. The Hall–Kier alpha value is -0.450. The van der Waals surface area contributed by atoms with Crippen molar-refractivity contribution in [1.29, 1.82) is 0 Å². The molecular weight excluding hydrogens is 196 g/mol. The molecule has 0 spiro atoms. The van der Waals surface area contributed by atoms with E-state index in [0.29, 0.717) is 6.04 Å². The van der Waals surface area contributed by atoms with E-state index in [1.807, 2.05) is 18.5 Å². The molecule has 0 bridgehead atoms. The van der Waals surface area contributed by atoms with Crippen LogP contribution in [-0.2, 0) is 0 Å². The molecule has 0 saturated heterocycles. The van der Waals surface area contributed by atoms with Gasteiger partial charge in [0.05, 0.1) is 6.04 Å². The highest BCUT2D eigenvalue weighted by Crippen LogP contribution is 2.16. The monoisotopic (exact) mass is 214 g/mol. The Morgan fingerprint density at radius 3 is 2.71 bits per heavy atom. The molecule has 1 aromatic rings. The lowest BCUT2D eigenvalue weighted by Gasteiger charge is -2.22. The Bertz CT molecular complexity index is 251. The molecule has 14 heavy (non-hydrogen) atoms. The lowest BCUT2D eigenvalue weighted by Crippen LogP contribution is -2.35. The molecule has 0 aromatic carbocycles. The van der Waals surface area contributed by atoms with Crippen LogP contribution in [0.1, 0.15) is 31.8 Å². The number of nitrogens with zero attached hydrogens (tertiary/aromatic N) is 1. The number of nitrogens with one attached hydrogen (secondary N) is 1. The molecule has 3 nitrogen and oxygen atoms in total. The van der Waals surface area contributed by atoms with Gasteiger partial charge >= 0.3 is 0 Å². The van der Waals surface area contributed by atoms with E-state index in [4.69, 9.17) is 5.11 Å². The number of aliphatic hydroxyl groups excluding tert-OH is 1. The van der Waals surface area contributed by atoms with Crippen LogP contribution in [0, 0.1) is 5.92 Å². The van der Waals surface area contributed by atoms with E-state index in [0.717, 1.165) is 5.01 Å². The third kappa shape index (κ3) is 3.04. The third-order valence-electron chi connectivity index (χ3n) is 2.48. The minimum atomic E-state index is 0.221. The highest BCUT2D eigenvalue weighted by Gasteiger charge is 2.15. The van der Waals surface area contributed by atoms with Crippen molar-refractivity contribution in [1.82, 2.24) is 10.3 Å². The fraction of sp³-hybridized carbons (Fsp3) is 0.700. The van der Waals surface area contributed by atoms with Gasteiger partial charge in [0, 0.05) is 24.2 Å². The van der Waals surface area contributed by atoms with Crippen LogP contribution < -0.4 is 5.32 Å². The van der Waals surface area contributed by atoms with Crippen molar-refractivity contribution in [2.45, 2.75) is 32.9 Å². The SMILES string of the molecule is CC(NC(C)C(C)CO)c1nccs1. The molecule has 0 radical (unpaired) electrons. The van der Waals surface area contributed by atoms with Gasteiger partial charge in [0.15, 0.2) is 0 Å². The van der Waals surface area contributed by atoms with E-state index in [1.54, 1.807) is 11.3 Å². The average Bonchev–Trinajstić information content (AvgIpc) is 2.69. The van der Waals surface area contributed by atoms with Gasteiger partial charge in [0.2, 0.25) is 0 Å². The first-order valence-corrected chi connectivity index (χ1v) is 5.79. The van der Waals surface area contributed by atoms with Crippen LogP contribution >= 0.6 is 11.3 Å². The summed E-state index contributed by atoms with van der Waals surface area (Å²) < 4.78 is 0. The summed E-state index contributed by atoms with van der Waals surface area (Å²) in [6.45, 7) is 6.44. The molecule has 3 unspecified atom stereocenters. The van der Waals surface area contributed by atoms with E-state index in [1.165, 1.54) is 0 Å². The quantitative estimate of drug-likeness (QED) is 0.785. The summed E-state index contributed by atoms with van der Waals surface area (Å²) in [5, 5.41) is 15.5. The van der Waals surface area contributed by atoms with Gasteiger partial charge in [0.1, 0.15) is 5.01 Å². The Balaban J connectivity index is 2.44. The summed E-state index contributed by atoms with van der Waals surface area (Å²) in [7, 11) is 0. The van der Waals surface area contributed by atoms with E-state index >= 15 is 0 Å². The highest BCUT2D eigenvalue weighted by molar-refractivity contribution is 7.09. The second-order valence-electron chi connectivity index (χ2n) is 3.71. The minimum absolute atomic E-state index is 0.221. The molecule has 0 amide bonds. The minimum Gasteiger partial charge on any atom is -0.396 e. The summed E-state index contributed by atoms with van der Waals surface area (Å²) in [5.41, 5.74) is 0. The number of thiazole rings is 1. The lowest BCUT2D eigenvalue weighted by atomic mass is 10.0. The summed E-state index contributed by atoms with van der Waals surface area (Å²) in [6.07, 6.45) is 1.82. The topological polar surface area (TPSA) is 45.1 Å². The normalized spacial score (nSPS) is 17.7. The molecule has 2 N–H and O–H groups in total. The van der Waals surface area contributed by atoms with Gasteiger partial charge in [-0.2, -0.15) is 0 Å². The first kappa shape index (κ1) is 11.6. The Morgan fingerprint density at radius 2 is 2.21 bits per heavy atom. The maximum Gasteiger partial charge on any atom is 0.109 e. The third-order valence-corrected chi connectivity index (χ3v) is 3.43. The van der Waals surface area contributed by atoms with Crippen LogP contribution in [0.2, 0.25) is 0 Å². The van der Waals surface area contributed by atoms with Crippen molar-refractivity contribution < 1.29 is 5.11 Å². The van der Waals surface area contributed by atoms with Crippen LogP contribution in [0.4, 0.5) is 0 Å². The molecule has 1 rings (SSSR count). The van der Waals surface area contributed by atoms with Crippen LogP contribution in [0.25, 0.3) is 0 Å². The van der Waals surface area contributed by atoms with E-state index in [-0.39, 0.29) is 18.6 Å². The molecule has 0 aliphatic heterocycles. The number of aliphatic hydroxyl groups is 1. The second kappa shape index (κ2) is 5.44. The number of aromatic nitrogens is 1. The van der Waals surface area contributed by atoms with Crippen molar-refractivity contribution in [3.8, 4) is 0 Å². The lowest BCUT2D eigenvalue weighted by molar-refractivity contribution is 0.202. The molecular formula is C10H18N2OS. The molecule has 1 aromatic heterocycles. The number of hydrogen-bond acceptors (Lipinski definition) is 4. The Morgan fingerprint density at radius 1 is 1.50 bits per heavy atom. The summed E-state index contributed by atoms with van der Waals surface area (Å²) in [5.74, 6) is 0.275. The summed E-state index contributed by atoms with van der Waals surface area (Å²) >= 11 is 1.66. The zero-order chi connectivity index (χ0) is 10.6. The van der Waals surface area contributed by atoms with Gasteiger partial charge in [-0.25, -0.2) is 4.98 Å². The van der Waals surface area contributed by atoms with Crippen molar-refractivity contribution in [3.63, 3.8) is 0 Å². The second-order valence-corrected chi connectivity index (χ2v) is 4.63. The number of rotatable bonds is 5. The Kier molecular flexibility index (Phi) is 4.51. The molecule has 0 aliphatic carbocycles. The van der Waals surface area contributed by atoms with E-state index in [2.05, 4.69) is 24.1 Å².